The molecule has 4 heteroatoms. The molecule has 0 aliphatic heterocycles. The molecule has 3 unspecified atom stereocenters. The van der Waals surface area contributed by atoms with Gasteiger partial charge in [0, 0.05) is 28.9 Å². The minimum absolute atomic E-state index is 0.0348. The predicted molar refractivity (Wildman–Crippen MR) is 98.6 cm³/mol. The van der Waals surface area contributed by atoms with E-state index in [1.54, 1.807) is 13.8 Å². The van der Waals surface area contributed by atoms with Gasteiger partial charge in [-0.1, -0.05) is 11.8 Å². The minimum atomic E-state index is -0.614. The number of Topliss-reactive ketones (excluding diaryl/α,β-unsaturated/α-hetero) is 1. The Balaban J connectivity index is 2.14. The first-order chi connectivity index (χ1) is 12.4. The summed E-state index contributed by atoms with van der Waals surface area (Å²) in [5, 5.41) is 0.804. The molecular weight excluding hydrogens is 328 g/mol. The van der Waals surface area contributed by atoms with Gasteiger partial charge in [0.25, 0.3) is 0 Å². The van der Waals surface area contributed by atoms with E-state index in [0.717, 1.165) is 40.5 Å². The predicted octanol–water partition coefficient (Wildman–Crippen LogP) is 3.59. The first kappa shape index (κ1) is 16.8. The van der Waals surface area contributed by atoms with Gasteiger partial charge in [-0.3, -0.25) is 9.59 Å². The number of hydrogen-bond donors (Lipinski definition) is 0. The zero-order chi connectivity index (χ0) is 18.7. The highest BCUT2D eigenvalue weighted by molar-refractivity contribution is 5.95. The van der Waals surface area contributed by atoms with Crippen molar-refractivity contribution in [2.24, 2.45) is 11.8 Å². The Labute approximate surface area is 151 Å². The second-order valence-electron chi connectivity index (χ2n) is 7.46. The number of rotatable bonds is 2. The van der Waals surface area contributed by atoms with Crippen LogP contribution >= 0.6 is 0 Å². The molecule has 1 saturated carbocycles. The summed E-state index contributed by atoms with van der Waals surface area (Å²) in [6.07, 6.45) is 2.26. The molecular formula is C22H20O4. The Hall–Kier alpha value is -2.67. The van der Waals surface area contributed by atoms with E-state index in [1.807, 2.05) is 13.8 Å². The molecule has 2 aliphatic rings. The number of aryl methyl sites for hydroxylation is 3. The highest BCUT2D eigenvalue weighted by Crippen LogP contribution is 2.59. The molecule has 1 fully saturated rings. The SMILES string of the molecule is CC(=O)C1C2CCC#Cc3c(c(C)c4c(C)c(C=O)c(=O)oc4c3C)C21. The van der Waals surface area contributed by atoms with Crippen LogP contribution in [0.5, 0.6) is 0 Å². The molecule has 2 aromatic rings. The number of ketones is 1. The average molecular weight is 348 g/mol. The molecule has 1 aromatic heterocycles. The van der Waals surface area contributed by atoms with Crippen LogP contribution in [0.3, 0.4) is 0 Å². The summed E-state index contributed by atoms with van der Waals surface area (Å²) in [7, 11) is 0. The van der Waals surface area contributed by atoms with Crippen molar-refractivity contribution in [3.05, 3.63) is 43.8 Å². The summed E-state index contributed by atoms with van der Waals surface area (Å²) in [5.74, 6) is 7.22. The van der Waals surface area contributed by atoms with E-state index in [2.05, 4.69) is 11.8 Å². The Morgan fingerprint density at radius 2 is 1.92 bits per heavy atom. The molecule has 0 bridgehead atoms. The maximum atomic E-state index is 12.2. The summed E-state index contributed by atoms with van der Waals surface area (Å²) < 4.78 is 5.52. The molecule has 132 valence electrons. The van der Waals surface area contributed by atoms with E-state index >= 15 is 0 Å². The molecule has 26 heavy (non-hydrogen) atoms. The van der Waals surface area contributed by atoms with Crippen molar-refractivity contribution in [3.8, 4) is 11.8 Å². The smallest absolute Gasteiger partial charge is 0.347 e. The number of aldehydes is 1. The molecule has 0 spiro atoms. The van der Waals surface area contributed by atoms with Crippen molar-refractivity contribution in [2.75, 3.05) is 0 Å². The van der Waals surface area contributed by atoms with Crippen molar-refractivity contribution in [1.82, 2.24) is 0 Å². The van der Waals surface area contributed by atoms with E-state index < -0.39 is 5.63 Å². The van der Waals surface area contributed by atoms with Crippen molar-refractivity contribution < 1.29 is 14.0 Å². The maximum absolute atomic E-state index is 12.2. The fraction of sp³-hybridized carbons (Fsp3) is 0.409. The van der Waals surface area contributed by atoms with Crippen LogP contribution in [0.2, 0.25) is 0 Å². The minimum Gasteiger partial charge on any atom is -0.422 e. The van der Waals surface area contributed by atoms with Gasteiger partial charge in [-0.2, -0.15) is 0 Å². The summed E-state index contributed by atoms with van der Waals surface area (Å²) in [4.78, 5) is 35.7. The first-order valence-electron chi connectivity index (χ1n) is 8.93. The average Bonchev–Trinajstić information content (AvgIpc) is 3.26. The summed E-state index contributed by atoms with van der Waals surface area (Å²) >= 11 is 0. The van der Waals surface area contributed by atoms with E-state index in [9.17, 15) is 14.4 Å². The zero-order valence-electron chi connectivity index (χ0n) is 15.4. The van der Waals surface area contributed by atoms with Crippen LogP contribution in [0, 0.1) is 44.4 Å². The molecule has 1 aromatic carbocycles. The van der Waals surface area contributed by atoms with E-state index in [0.29, 0.717) is 23.4 Å². The van der Waals surface area contributed by atoms with Crippen LogP contribution in [0.15, 0.2) is 9.21 Å². The van der Waals surface area contributed by atoms with E-state index in [-0.39, 0.29) is 23.2 Å². The van der Waals surface area contributed by atoms with Crippen molar-refractivity contribution in [2.45, 2.75) is 46.5 Å². The third kappa shape index (κ3) is 2.13. The molecule has 2 aliphatic carbocycles. The molecule has 1 heterocycles. The van der Waals surface area contributed by atoms with Gasteiger partial charge >= 0.3 is 5.63 Å². The molecule has 0 saturated heterocycles. The third-order valence-corrected chi connectivity index (χ3v) is 6.09. The Kier molecular flexibility index (Phi) is 3.66. The number of benzene rings is 1. The number of carbonyl (C=O) groups is 2. The van der Waals surface area contributed by atoms with Gasteiger partial charge in [0.05, 0.1) is 0 Å². The topological polar surface area (TPSA) is 64.3 Å². The van der Waals surface area contributed by atoms with Gasteiger partial charge in [0.1, 0.15) is 16.9 Å². The van der Waals surface area contributed by atoms with Gasteiger partial charge in [0.15, 0.2) is 6.29 Å². The molecule has 0 amide bonds. The van der Waals surface area contributed by atoms with Crippen LogP contribution in [-0.2, 0) is 4.79 Å². The largest absolute Gasteiger partial charge is 0.422 e. The molecule has 4 nitrogen and oxygen atoms in total. The Bertz CT molecular complexity index is 1110. The monoisotopic (exact) mass is 348 g/mol. The quantitative estimate of drug-likeness (QED) is 0.473. The van der Waals surface area contributed by atoms with Crippen LogP contribution in [0.1, 0.15) is 63.9 Å². The standard InChI is InChI=1S/C22H20O4/c1-10-16(9-23)22(25)26-21-11(2)14-7-5-6-8-15-19(13(4)24)20(15)18(14)12(3)17(10)21/h9,15,19-20H,6,8H2,1-4H3. The number of hydrogen-bond acceptors (Lipinski definition) is 4. The fourth-order valence-corrected chi connectivity index (χ4v) is 4.79. The van der Waals surface area contributed by atoms with E-state index in [4.69, 9.17) is 4.42 Å². The lowest BCUT2D eigenvalue weighted by atomic mass is 9.86. The normalized spacial score (nSPS) is 23.2. The van der Waals surface area contributed by atoms with Crippen LogP contribution < -0.4 is 5.63 Å². The van der Waals surface area contributed by atoms with Gasteiger partial charge in [0.2, 0.25) is 0 Å². The van der Waals surface area contributed by atoms with Gasteiger partial charge < -0.3 is 4.42 Å². The second-order valence-corrected chi connectivity index (χ2v) is 7.46. The highest BCUT2D eigenvalue weighted by atomic mass is 16.4. The fourth-order valence-electron chi connectivity index (χ4n) is 4.79. The first-order valence-corrected chi connectivity index (χ1v) is 8.93. The molecule has 0 radical (unpaired) electrons. The number of fused-ring (bicyclic) bond motifs is 4. The van der Waals surface area contributed by atoms with Crippen molar-refractivity contribution >= 4 is 23.0 Å². The maximum Gasteiger partial charge on any atom is 0.347 e. The Morgan fingerprint density at radius 1 is 1.19 bits per heavy atom. The van der Waals surface area contributed by atoms with E-state index in [1.165, 1.54) is 0 Å². The van der Waals surface area contributed by atoms with Crippen LogP contribution in [0.4, 0.5) is 0 Å². The second kappa shape index (κ2) is 5.67. The van der Waals surface area contributed by atoms with Gasteiger partial charge in [-0.05, 0) is 62.6 Å². The molecule has 0 N–H and O–H groups in total. The van der Waals surface area contributed by atoms with Crippen LogP contribution in [0.25, 0.3) is 11.0 Å². The van der Waals surface area contributed by atoms with Crippen LogP contribution in [-0.4, -0.2) is 12.1 Å². The van der Waals surface area contributed by atoms with Gasteiger partial charge in [-0.25, -0.2) is 4.79 Å². The lowest BCUT2D eigenvalue weighted by molar-refractivity contribution is -0.118. The lowest BCUT2D eigenvalue weighted by Crippen LogP contribution is -2.12. The highest BCUT2D eigenvalue weighted by Gasteiger charge is 2.54. The number of carbonyl (C=O) groups excluding carboxylic acids is 2. The van der Waals surface area contributed by atoms with Gasteiger partial charge in [-0.15, -0.1) is 0 Å². The Morgan fingerprint density at radius 3 is 2.58 bits per heavy atom. The zero-order valence-corrected chi connectivity index (χ0v) is 15.4. The van der Waals surface area contributed by atoms with Crippen molar-refractivity contribution in [1.29, 1.82) is 0 Å². The van der Waals surface area contributed by atoms with Crippen molar-refractivity contribution in [3.63, 3.8) is 0 Å². The molecule has 3 atom stereocenters. The summed E-state index contributed by atoms with van der Waals surface area (Å²) in [5.41, 5.74) is 4.36. The summed E-state index contributed by atoms with van der Waals surface area (Å²) in [6, 6.07) is 0. The molecule has 4 rings (SSSR count). The third-order valence-electron chi connectivity index (χ3n) is 6.09. The lowest BCUT2D eigenvalue weighted by Gasteiger charge is -2.18. The summed E-state index contributed by atoms with van der Waals surface area (Å²) in [6.45, 7) is 7.33.